The number of hydrogen-bond acceptors (Lipinski definition) is 4. The highest BCUT2D eigenvalue weighted by Crippen LogP contribution is 2.44. The van der Waals surface area contributed by atoms with Crippen LogP contribution in [0, 0.1) is 0 Å². The second-order valence-corrected chi connectivity index (χ2v) is 11.2. The molecule has 2 nitrogen and oxygen atoms in total. The Bertz CT molecular complexity index is 1070. The maximum Gasteiger partial charge on any atom is 0.161 e. The van der Waals surface area contributed by atoms with Gasteiger partial charge in [0, 0.05) is 10.8 Å². The number of thiophene rings is 2. The summed E-state index contributed by atoms with van der Waals surface area (Å²) in [4.78, 5) is 0. The van der Waals surface area contributed by atoms with Crippen LogP contribution in [-0.2, 0) is 0 Å². The quantitative estimate of drug-likeness (QED) is 0.144. The van der Waals surface area contributed by atoms with Crippen molar-refractivity contribution < 1.29 is 9.47 Å². The Balaban J connectivity index is 1.52. The van der Waals surface area contributed by atoms with Gasteiger partial charge in [-0.15, -0.1) is 22.7 Å². The van der Waals surface area contributed by atoms with Crippen molar-refractivity contribution in [2.45, 2.75) is 90.9 Å². The zero-order valence-corrected chi connectivity index (χ0v) is 22.6. The zero-order valence-electron chi connectivity index (χ0n) is 21.0. The van der Waals surface area contributed by atoms with E-state index in [2.05, 4.69) is 48.9 Å². The van der Waals surface area contributed by atoms with E-state index < -0.39 is 0 Å². The summed E-state index contributed by atoms with van der Waals surface area (Å²) in [6, 6.07) is 9.01. The molecule has 0 saturated carbocycles. The lowest BCUT2D eigenvalue weighted by atomic mass is 10.0. The van der Waals surface area contributed by atoms with Gasteiger partial charge in [0.1, 0.15) is 0 Å². The standard InChI is InChI=1S/C30H40O2S2/c1-3-5-7-9-11-13-17-31-27-21-25-23-15-19-33-29(23)30-24(16-20-34-30)26(25)22-28(27)32-18-14-12-10-8-6-4-2/h15-16,19-22H,3-14,17-18H2,1-2H3. The van der Waals surface area contributed by atoms with E-state index in [1.807, 2.05) is 22.7 Å². The molecule has 0 saturated heterocycles. The average molecular weight is 497 g/mol. The topological polar surface area (TPSA) is 18.5 Å². The molecule has 0 aliphatic heterocycles. The first kappa shape index (κ1) is 25.3. The van der Waals surface area contributed by atoms with E-state index in [0.29, 0.717) is 0 Å². The lowest BCUT2D eigenvalue weighted by Gasteiger charge is -2.15. The maximum atomic E-state index is 6.36. The largest absolute Gasteiger partial charge is 0.490 e. The lowest BCUT2D eigenvalue weighted by Crippen LogP contribution is -2.03. The molecular formula is C30H40O2S2. The van der Waals surface area contributed by atoms with Crippen LogP contribution in [0.4, 0.5) is 0 Å². The van der Waals surface area contributed by atoms with Crippen molar-refractivity contribution in [1.82, 2.24) is 0 Å². The molecule has 0 amide bonds. The van der Waals surface area contributed by atoms with E-state index in [1.165, 1.54) is 95.2 Å². The summed E-state index contributed by atoms with van der Waals surface area (Å²) in [7, 11) is 0. The van der Waals surface area contributed by atoms with Gasteiger partial charge >= 0.3 is 0 Å². The van der Waals surface area contributed by atoms with Crippen LogP contribution in [0.2, 0.25) is 0 Å². The predicted molar refractivity (Wildman–Crippen MR) is 152 cm³/mol. The van der Waals surface area contributed by atoms with Crippen molar-refractivity contribution >= 4 is 53.6 Å². The molecular weight excluding hydrogens is 456 g/mol. The monoisotopic (exact) mass is 496 g/mol. The van der Waals surface area contributed by atoms with Gasteiger partial charge in [0.15, 0.2) is 11.5 Å². The highest BCUT2D eigenvalue weighted by molar-refractivity contribution is 7.25. The van der Waals surface area contributed by atoms with Crippen LogP contribution in [0.25, 0.3) is 30.9 Å². The highest BCUT2D eigenvalue weighted by Gasteiger charge is 2.15. The van der Waals surface area contributed by atoms with E-state index in [0.717, 1.165) is 37.6 Å². The number of fused-ring (bicyclic) bond motifs is 6. The minimum absolute atomic E-state index is 0.762. The molecule has 0 unspecified atom stereocenters. The van der Waals surface area contributed by atoms with Crippen molar-refractivity contribution in [2.24, 2.45) is 0 Å². The summed E-state index contributed by atoms with van der Waals surface area (Å²) < 4.78 is 15.5. The smallest absolute Gasteiger partial charge is 0.161 e. The van der Waals surface area contributed by atoms with Crippen LogP contribution in [0.5, 0.6) is 11.5 Å². The molecule has 4 aromatic rings. The fourth-order valence-corrected chi connectivity index (χ4v) is 6.77. The summed E-state index contributed by atoms with van der Waals surface area (Å²) in [5, 5.41) is 9.66. The maximum absolute atomic E-state index is 6.36. The average Bonchev–Trinajstić information content (AvgIpc) is 3.53. The summed E-state index contributed by atoms with van der Waals surface area (Å²) in [5.41, 5.74) is 0. The molecule has 0 spiro atoms. The van der Waals surface area contributed by atoms with Crippen LogP contribution in [-0.4, -0.2) is 13.2 Å². The Morgan fingerprint density at radius 1 is 0.529 bits per heavy atom. The summed E-state index contributed by atoms with van der Waals surface area (Å²) in [5.74, 6) is 1.82. The van der Waals surface area contributed by atoms with Gasteiger partial charge < -0.3 is 9.47 Å². The second kappa shape index (κ2) is 13.3. The number of unbranched alkanes of at least 4 members (excludes halogenated alkanes) is 10. The lowest BCUT2D eigenvalue weighted by molar-refractivity contribution is 0.259. The Morgan fingerprint density at radius 3 is 1.38 bits per heavy atom. The van der Waals surface area contributed by atoms with Crippen LogP contribution < -0.4 is 9.47 Å². The molecule has 0 fully saturated rings. The third-order valence-electron chi connectivity index (χ3n) is 6.71. The minimum atomic E-state index is 0.762. The first-order chi connectivity index (χ1) is 16.8. The fourth-order valence-electron chi connectivity index (χ4n) is 4.75. The van der Waals surface area contributed by atoms with E-state index in [-0.39, 0.29) is 0 Å². The van der Waals surface area contributed by atoms with Gasteiger partial charge in [0.25, 0.3) is 0 Å². The normalized spacial score (nSPS) is 11.7. The van der Waals surface area contributed by atoms with Crippen molar-refractivity contribution in [3.05, 3.63) is 35.0 Å². The zero-order chi connectivity index (χ0) is 23.6. The Kier molecular flexibility index (Phi) is 9.94. The molecule has 0 aliphatic carbocycles. The van der Waals surface area contributed by atoms with Gasteiger partial charge in [-0.25, -0.2) is 0 Å². The van der Waals surface area contributed by atoms with Crippen molar-refractivity contribution in [3.63, 3.8) is 0 Å². The first-order valence-corrected chi connectivity index (χ1v) is 15.2. The van der Waals surface area contributed by atoms with Gasteiger partial charge in [0.05, 0.1) is 22.6 Å². The van der Waals surface area contributed by atoms with Crippen molar-refractivity contribution in [2.75, 3.05) is 13.2 Å². The summed E-state index contributed by atoms with van der Waals surface area (Å²) in [6.45, 7) is 6.06. The molecule has 34 heavy (non-hydrogen) atoms. The Hall–Kier alpha value is -1.78. The van der Waals surface area contributed by atoms with Gasteiger partial charge in [-0.05, 0) is 58.6 Å². The highest BCUT2D eigenvalue weighted by atomic mass is 32.1. The Labute approximate surface area is 213 Å². The van der Waals surface area contributed by atoms with Crippen molar-refractivity contribution in [1.29, 1.82) is 0 Å². The number of benzene rings is 2. The Morgan fingerprint density at radius 2 is 0.941 bits per heavy atom. The summed E-state index contributed by atoms with van der Waals surface area (Å²) in [6.07, 6.45) is 15.3. The van der Waals surface area contributed by atoms with E-state index in [4.69, 9.17) is 9.47 Å². The fraction of sp³-hybridized carbons (Fsp3) is 0.533. The molecule has 2 aromatic heterocycles. The molecule has 0 atom stereocenters. The molecule has 4 heteroatoms. The molecule has 4 rings (SSSR count). The van der Waals surface area contributed by atoms with Gasteiger partial charge in [-0.2, -0.15) is 0 Å². The number of ether oxygens (including phenoxy) is 2. The number of hydrogen-bond donors (Lipinski definition) is 0. The first-order valence-electron chi connectivity index (χ1n) is 13.4. The molecule has 0 aliphatic rings. The van der Waals surface area contributed by atoms with Crippen molar-refractivity contribution in [3.8, 4) is 11.5 Å². The van der Waals surface area contributed by atoms with Crippen LogP contribution >= 0.6 is 22.7 Å². The van der Waals surface area contributed by atoms with Gasteiger partial charge in [-0.3, -0.25) is 0 Å². The van der Waals surface area contributed by atoms with Crippen LogP contribution in [0.1, 0.15) is 90.9 Å². The van der Waals surface area contributed by atoms with E-state index in [9.17, 15) is 0 Å². The third kappa shape index (κ3) is 6.26. The van der Waals surface area contributed by atoms with Gasteiger partial charge in [0.2, 0.25) is 0 Å². The predicted octanol–water partition coefficient (Wildman–Crippen LogP) is 10.7. The second-order valence-electron chi connectivity index (χ2n) is 9.40. The van der Waals surface area contributed by atoms with Gasteiger partial charge in [-0.1, -0.05) is 78.1 Å². The van der Waals surface area contributed by atoms with Crippen LogP contribution in [0.3, 0.4) is 0 Å². The molecule has 2 aromatic carbocycles. The molecule has 184 valence electrons. The number of rotatable bonds is 16. The molecule has 0 bridgehead atoms. The third-order valence-corrected chi connectivity index (χ3v) is 8.70. The SMILES string of the molecule is CCCCCCCCOc1cc2c(cc1OCCCCCCCC)c1ccsc1c1sccc21. The summed E-state index contributed by atoms with van der Waals surface area (Å²) >= 11 is 3.68. The molecule has 2 heterocycles. The molecule has 0 radical (unpaired) electrons. The molecule has 0 N–H and O–H groups in total. The van der Waals surface area contributed by atoms with E-state index in [1.54, 1.807) is 0 Å². The van der Waals surface area contributed by atoms with Crippen LogP contribution in [0.15, 0.2) is 35.0 Å². The minimum Gasteiger partial charge on any atom is -0.490 e. The van der Waals surface area contributed by atoms with E-state index >= 15 is 0 Å².